The number of nitrogens with zero attached hydrogens (tertiary/aromatic N) is 2. The lowest BCUT2D eigenvalue weighted by atomic mass is 10.1. The Balaban J connectivity index is 2.52. The zero-order valence-corrected chi connectivity index (χ0v) is 11.9. The molecule has 0 aromatic carbocycles. The van der Waals surface area contributed by atoms with Crippen LogP contribution in [0.3, 0.4) is 0 Å². The standard InChI is InChI=1S/C12H15ClN2OS/c1-5-12(3,4)16-9-8-6-7(2)17-10(8)15-11(13)14-9/h6H,5H2,1-4H3. The normalized spacial score (nSPS) is 12.1. The van der Waals surface area contributed by atoms with E-state index in [1.807, 2.05) is 26.8 Å². The maximum absolute atomic E-state index is 5.93. The fraction of sp³-hybridized carbons (Fsp3) is 0.500. The van der Waals surface area contributed by atoms with E-state index in [4.69, 9.17) is 16.3 Å². The molecule has 2 rings (SSSR count). The van der Waals surface area contributed by atoms with Gasteiger partial charge in [-0.15, -0.1) is 11.3 Å². The summed E-state index contributed by atoms with van der Waals surface area (Å²) < 4.78 is 5.93. The highest BCUT2D eigenvalue weighted by Gasteiger charge is 2.20. The van der Waals surface area contributed by atoms with Crippen LogP contribution in [0.25, 0.3) is 10.2 Å². The number of fused-ring (bicyclic) bond motifs is 1. The van der Waals surface area contributed by atoms with Crippen LogP contribution < -0.4 is 4.74 Å². The minimum absolute atomic E-state index is 0.237. The third-order valence-electron chi connectivity index (χ3n) is 2.68. The van der Waals surface area contributed by atoms with Crippen molar-refractivity contribution in [2.75, 3.05) is 0 Å². The van der Waals surface area contributed by atoms with Crippen molar-refractivity contribution in [3.05, 3.63) is 16.2 Å². The highest BCUT2D eigenvalue weighted by molar-refractivity contribution is 7.18. The molecule has 0 N–H and O–H groups in total. The molecule has 5 heteroatoms. The maximum atomic E-state index is 5.93. The van der Waals surface area contributed by atoms with Gasteiger partial charge in [-0.3, -0.25) is 0 Å². The number of hydrogen-bond donors (Lipinski definition) is 0. The van der Waals surface area contributed by atoms with Crippen molar-refractivity contribution in [1.82, 2.24) is 9.97 Å². The van der Waals surface area contributed by atoms with Gasteiger partial charge in [0, 0.05) is 4.88 Å². The van der Waals surface area contributed by atoms with Crippen molar-refractivity contribution >= 4 is 33.2 Å². The fourth-order valence-electron chi connectivity index (χ4n) is 1.40. The van der Waals surface area contributed by atoms with Crippen molar-refractivity contribution in [1.29, 1.82) is 0 Å². The SMILES string of the molecule is CCC(C)(C)Oc1nc(Cl)nc2sc(C)cc12. The number of aromatic nitrogens is 2. The van der Waals surface area contributed by atoms with Crippen LogP contribution in [0.4, 0.5) is 0 Å². The second kappa shape index (κ2) is 4.42. The molecule has 2 aromatic rings. The van der Waals surface area contributed by atoms with Crippen molar-refractivity contribution in [3.63, 3.8) is 0 Å². The molecule has 2 aromatic heterocycles. The van der Waals surface area contributed by atoms with Crippen molar-refractivity contribution < 1.29 is 4.74 Å². The lowest BCUT2D eigenvalue weighted by Crippen LogP contribution is -2.27. The minimum atomic E-state index is -0.250. The Morgan fingerprint density at radius 2 is 2.12 bits per heavy atom. The Labute approximate surface area is 110 Å². The molecule has 0 aliphatic heterocycles. The van der Waals surface area contributed by atoms with Crippen LogP contribution in [0.15, 0.2) is 6.07 Å². The van der Waals surface area contributed by atoms with E-state index in [-0.39, 0.29) is 10.9 Å². The predicted molar refractivity (Wildman–Crippen MR) is 72.2 cm³/mol. The summed E-state index contributed by atoms with van der Waals surface area (Å²) in [6, 6.07) is 2.04. The molecule has 17 heavy (non-hydrogen) atoms. The molecule has 0 spiro atoms. The summed E-state index contributed by atoms with van der Waals surface area (Å²) in [4.78, 5) is 10.4. The van der Waals surface area contributed by atoms with Gasteiger partial charge in [0.05, 0.1) is 5.39 Å². The molecule has 0 fully saturated rings. The lowest BCUT2D eigenvalue weighted by Gasteiger charge is -2.24. The molecular formula is C12H15ClN2OS. The summed E-state index contributed by atoms with van der Waals surface area (Å²) in [6.45, 7) is 8.19. The predicted octanol–water partition coefficient (Wildman–Crippen LogP) is 4.22. The highest BCUT2D eigenvalue weighted by atomic mass is 35.5. The molecule has 0 radical (unpaired) electrons. The van der Waals surface area contributed by atoms with Gasteiger partial charge < -0.3 is 4.74 Å². The molecule has 0 amide bonds. The number of rotatable bonds is 3. The van der Waals surface area contributed by atoms with Gasteiger partial charge in [-0.1, -0.05) is 6.92 Å². The van der Waals surface area contributed by atoms with Gasteiger partial charge >= 0.3 is 0 Å². The number of aryl methyl sites for hydroxylation is 1. The number of ether oxygens (including phenoxy) is 1. The first-order chi connectivity index (χ1) is 7.91. The van der Waals surface area contributed by atoms with Crippen LogP contribution in [0.5, 0.6) is 5.88 Å². The topological polar surface area (TPSA) is 35.0 Å². The van der Waals surface area contributed by atoms with Gasteiger partial charge in [0.25, 0.3) is 0 Å². The molecule has 0 unspecified atom stereocenters. The Kier molecular flexibility index (Phi) is 3.27. The lowest BCUT2D eigenvalue weighted by molar-refractivity contribution is 0.101. The quantitative estimate of drug-likeness (QED) is 0.783. The molecule has 0 saturated heterocycles. The first-order valence-corrected chi connectivity index (χ1v) is 6.73. The van der Waals surface area contributed by atoms with Gasteiger partial charge in [-0.25, -0.2) is 4.98 Å². The number of hydrogen-bond acceptors (Lipinski definition) is 4. The Morgan fingerprint density at radius 1 is 1.41 bits per heavy atom. The van der Waals surface area contributed by atoms with E-state index in [9.17, 15) is 0 Å². The third-order valence-corrected chi connectivity index (χ3v) is 3.79. The van der Waals surface area contributed by atoms with Gasteiger partial charge in [0.15, 0.2) is 0 Å². The van der Waals surface area contributed by atoms with E-state index < -0.39 is 0 Å². The third kappa shape index (κ3) is 2.69. The fourth-order valence-corrected chi connectivity index (χ4v) is 2.48. The molecular weight excluding hydrogens is 256 g/mol. The Bertz CT molecular complexity index is 551. The van der Waals surface area contributed by atoms with Crippen LogP contribution in [0, 0.1) is 6.92 Å². The maximum Gasteiger partial charge on any atom is 0.227 e. The molecule has 0 aliphatic rings. The number of thiophene rings is 1. The Morgan fingerprint density at radius 3 is 2.76 bits per heavy atom. The first-order valence-electron chi connectivity index (χ1n) is 5.54. The van der Waals surface area contributed by atoms with E-state index >= 15 is 0 Å². The summed E-state index contributed by atoms with van der Waals surface area (Å²) in [5.41, 5.74) is -0.250. The van der Waals surface area contributed by atoms with Crippen LogP contribution in [0.2, 0.25) is 5.28 Å². The van der Waals surface area contributed by atoms with Crippen molar-refractivity contribution in [2.24, 2.45) is 0 Å². The van der Waals surface area contributed by atoms with E-state index in [1.54, 1.807) is 11.3 Å². The molecule has 0 atom stereocenters. The number of halogens is 1. The van der Waals surface area contributed by atoms with Gasteiger partial charge in [-0.2, -0.15) is 4.98 Å². The zero-order chi connectivity index (χ0) is 12.6. The first kappa shape index (κ1) is 12.6. The van der Waals surface area contributed by atoms with Gasteiger partial charge in [-0.05, 0) is 44.9 Å². The summed E-state index contributed by atoms with van der Waals surface area (Å²) in [5, 5.41) is 1.18. The van der Waals surface area contributed by atoms with Crippen LogP contribution >= 0.6 is 22.9 Å². The summed E-state index contributed by atoms with van der Waals surface area (Å²) in [5.74, 6) is 0.580. The zero-order valence-electron chi connectivity index (χ0n) is 10.4. The molecule has 0 aliphatic carbocycles. The van der Waals surface area contributed by atoms with Gasteiger partial charge in [0.2, 0.25) is 11.2 Å². The minimum Gasteiger partial charge on any atom is -0.471 e. The molecule has 2 heterocycles. The van der Waals surface area contributed by atoms with Crippen molar-refractivity contribution in [3.8, 4) is 5.88 Å². The van der Waals surface area contributed by atoms with Crippen LogP contribution in [-0.4, -0.2) is 15.6 Å². The Hall–Kier alpha value is -0.870. The summed E-state index contributed by atoms with van der Waals surface area (Å²) in [6.07, 6.45) is 0.902. The second-order valence-corrected chi connectivity index (χ2v) is 6.16. The summed E-state index contributed by atoms with van der Waals surface area (Å²) in [7, 11) is 0. The van der Waals surface area contributed by atoms with E-state index in [2.05, 4.69) is 16.9 Å². The highest BCUT2D eigenvalue weighted by Crippen LogP contribution is 2.33. The average molecular weight is 271 g/mol. The molecule has 92 valence electrons. The van der Waals surface area contributed by atoms with Crippen LogP contribution in [0.1, 0.15) is 32.1 Å². The smallest absolute Gasteiger partial charge is 0.227 e. The van der Waals surface area contributed by atoms with E-state index in [0.717, 1.165) is 16.6 Å². The van der Waals surface area contributed by atoms with Crippen LogP contribution in [-0.2, 0) is 0 Å². The van der Waals surface area contributed by atoms with Crippen molar-refractivity contribution in [2.45, 2.75) is 39.7 Å². The summed E-state index contributed by atoms with van der Waals surface area (Å²) >= 11 is 7.51. The monoisotopic (exact) mass is 270 g/mol. The molecule has 0 bridgehead atoms. The van der Waals surface area contributed by atoms with E-state index in [0.29, 0.717) is 5.88 Å². The second-order valence-electron chi connectivity index (χ2n) is 4.59. The molecule has 3 nitrogen and oxygen atoms in total. The van der Waals surface area contributed by atoms with E-state index in [1.165, 1.54) is 4.88 Å². The average Bonchev–Trinajstić information content (AvgIpc) is 2.58. The molecule has 0 saturated carbocycles. The largest absolute Gasteiger partial charge is 0.471 e. The van der Waals surface area contributed by atoms with Gasteiger partial charge in [0.1, 0.15) is 10.4 Å².